The third-order valence-corrected chi connectivity index (χ3v) is 5.14. The summed E-state index contributed by atoms with van der Waals surface area (Å²) < 4.78 is 27.3. The third kappa shape index (κ3) is 3.04. The van der Waals surface area contributed by atoms with E-state index in [1.807, 2.05) is 0 Å². The van der Waals surface area contributed by atoms with Crippen LogP contribution in [0.15, 0.2) is 23.4 Å². The summed E-state index contributed by atoms with van der Waals surface area (Å²) in [7, 11) is -3.94. The zero-order valence-corrected chi connectivity index (χ0v) is 13.5. The Morgan fingerprint density at radius 3 is 2.43 bits per heavy atom. The lowest BCUT2D eigenvalue weighted by molar-refractivity contribution is 0.600. The van der Waals surface area contributed by atoms with Gasteiger partial charge in [0.25, 0.3) is 10.0 Å². The summed E-state index contributed by atoms with van der Waals surface area (Å²) in [6.45, 7) is 3.38. The van der Waals surface area contributed by atoms with E-state index in [9.17, 15) is 8.42 Å². The molecule has 0 aliphatic rings. The van der Waals surface area contributed by atoms with Crippen LogP contribution in [0.2, 0.25) is 10.2 Å². The molecule has 1 aromatic heterocycles. The highest BCUT2D eigenvalue weighted by Crippen LogP contribution is 2.31. The zero-order chi connectivity index (χ0) is 15.8. The Morgan fingerprint density at radius 2 is 1.76 bits per heavy atom. The highest BCUT2D eigenvalue weighted by Gasteiger charge is 2.23. The Kier molecular flexibility index (Phi) is 4.27. The molecule has 0 aliphatic carbocycles. The van der Waals surface area contributed by atoms with Gasteiger partial charge in [-0.05, 0) is 25.0 Å². The number of aromatic nitrogens is 2. The number of benzene rings is 1. The first kappa shape index (κ1) is 15.8. The average molecular weight is 347 g/mol. The van der Waals surface area contributed by atoms with Crippen molar-refractivity contribution in [3.63, 3.8) is 0 Å². The van der Waals surface area contributed by atoms with Gasteiger partial charge in [0.1, 0.15) is 16.2 Å². The second-order valence-corrected chi connectivity index (χ2v) is 6.73. The van der Waals surface area contributed by atoms with Crippen molar-refractivity contribution in [1.82, 2.24) is 9.97 Å². The number of sulfonamides is 1. The van der Waals surface area contributed by atoms with Crippen molar-refractivity contribution in [3.8, 4) is 0 Å². The van der Waals surface area contributed by atoms with Crippen LogP contribution in [-0.2, 0) is 10.0 Å². The van der Waals surface area contributed by atoms with Crippen molar-refractivity contribution < 1.29 is 8.42 Å². The number of hydrogen-bond donors (Lipinski definition) is 2. The number of halogens is 2. The fourth-order valence-electron chi connectivity index (χ4n) is 1.76. The number of anilines is 2. The fourth-order valence-corrected chi connectivity index (χ4v) is 3.55. The molecule has 0 aliphatic heterocycles. The van der Waals surface area contributed by atoms with Crippen molar-refractivity contribution in [3.05, 3.63) is 39.8 Å². The largest absolute Gasteiger partial charge is 0.397 e. The lowest BCUT2D eigenvalue weighted by atomic mass is 10.1. The molecule has 0 fully saturated rings. The molecule has 9 heteroatoms. The molecule has 0 bridgehead atoms. The number of hydrogen-bond acceptors (Lipinski definition) is 5. The number of nitrogens with zero attached hydrogens (tertiary/aromatic N) is 2. The summed E-state index contributed by atoms with van der Waals surface area (Å²) in [5, 5.41) is -0.120. The molecule has 0 atom stereocenters. The molecule has 112 valence electrons. The van der Waals surface area contributed by atoms with Crippen LogP contribution in [0.1, 0.15) is 11.1 Å². The SMILES string of the molecule is Cc1ccc(C)c(S(=O)(=O)Nc2ncnc(Cl)c2Cl)c1N. The molecule has 0 unspecified atom stereocenters. The molecule has 3 N–H and O–H groups in total. The molecule has 6 nitrogen and oxygen atoms in total. The highest BCUT2D eigenvalue weighted by molar-refractivity contribution is 7.93. The van der Waals surface area contributed by atoms with Crippen molar-refractivity contribution in [1.29, 1.82) is 0 Å². The minimum Gasteiger partial charge on any atom is -0.397 e. The Labute approximate surface area is 132 Å². The first-order valence-corrected chi connectivity index (χ1v) is 8.02. The molecular weight excluding hydrogens is 335 g/mol. The molecule has 0 saturated carbocycles. The molecule has 2 aromatic rings. The maximum absolute atomic E-state index is 12.5. The number of nitrogen functional groups attached to an aromatic ring is 1. The third-order valence-electron chi connectivity index (χ3n) is 2.86. The standard InChI is InChI=1S/C12H12Cl2N4O2S/c1-6-3-4-7(2)10(9(6)15)21(19,20)18-12-8(13)11(14)16-5-17-12/h3-5H,15H2,1-2H3,(H,16,17,18). The van der Waals surface area contributed by atoms with Gasteiger partial charge < -0.3 is 5.73 Å². The van der Waals surface area contributed by atoms with Gasteiger partial charge in [-0.3, -0.25) is 4.72 Å². The van der Waals surface area contributed by atoms with Crippen molar-refractivity contribution in [2.45, 2.75) is 18.7 Å². The second kappa shape index (κ2) is 5.67. The summed E-state index contributed by atoms with van der Waals surface area (Å²) in [6, 6.07) is 3.42. The number of aryl methyl sites for hydroxylation is 2. The van der Waals surface area contributed by atoms with Crippen molar-refractivity contribution >= 4 is 44.7 Å². The zero-order valence-electron chi connectivity index (χ0n) is 11.2. The number of nitrogens with two attached hydrogens (primary N) is 1. The van der Waals surface area contributed by atoms with E-state index in [4.69, 9.17) is 28.9 Å². The molecule has 1 heterocycles. The van der Waals surface area contributed by atoms with E-state index in [1.165, 1.54) is 0 Å². The first-order chi connectivity index (χ1) is 9.74. The molecule has 0 amide bonds. The van der Waals surface area contributed by atoms with E-state index in [1.54, 1.807) is 26.0 Å². The minimum atomic E-state index is -3.94. The van der Waals surface area contributed by atoms with E-state index < -0.39 is 10.0 Å². The van der Waals surface area contributed by atoms with Gasteiger partial charge in [0, 0.05) is 0 Å². The van der Waals surface area contributed by atoms with Crippen LogP contribution in [0.25, 0.3) is 0 Å². The molecule has 0 spiro atoms. The van der Waals surface area contributed by atoms with Crippen LogP contribution in [-0.4, -0.2) is 18.4 Å². The van der Waals surface area contributed by atoms with Crippen LogP contribution < -0.4 is 10.5 Å². The number of rotatable bonds is 3. The van der Waals surface area contributed by atoms with Crippen LogP contribution in [0.3, 0.4) is 0 Å². The van der Waals surface area contributed by atoms with Gasteiger partial charge in [0.15, 0.2) is 11.0 Å². The summed E-state index contributed by atoms with van der Waals surface area (Å²) in [5.41, 5.74) is 7.24. The van der Waals surface area contributed by atoms with Crippen LogP contribution in [0.5, 0.6) is 0 Å². The van der Waals surface area contributed by atoms with E-state index in [2.05, 4.69) is 14.7 Å². The minimum absolute atomic E-state index is 0.00620. The average Bonchev–Trinajstić information content (AvgIpc) is 2.39. The van der Waals surface area contributed by atoms with E-state index in [-0.39, 0.29) is 26.6 Å². The predicted octanol–water partition coefficient (Wildman–Crippen LogP) is 2.78. The molecule has 21 heavy (non-hydrogen) atoms. The summed E-state index contributed by atoms with van der Waals surface area (Å²) in [5.74, 6) is -0.100. The maximum atomic E-state index is 12.5. The van der Waals surface area contributed by atoms with Gasteiger partial charge in [0.05, 0.1) is 5.69 Å². The van der Waals surface area contributed by atoms with Gasteiger partial charge in [-0.1, -0.05) is 35.3 Å². The quantitative estimate of drug-likeness (QED) is 0.657. The lowest BCUT2D eigenvalue weighted by Crippen LogP contribution is -2.18. The topological polar surface area (TPSA) is 98.0 Å². The lowest BCUT2D eigenvalue weighted by Gasteiger charge is -2.14. The van der Waals surface area contributed by atoms with Crippen molar-refractivity contribution in [2.75, 3.05) is 10.5 Å². The molecular formula is C12H12Cl2N4O2S. The van der Waals surface area contributed by atoms with Crippen LogP contribution in [0.4, 0.5) is 11.5 Å². The smallest absolute Gasteiger partial charge is 0.265 e. The summed E-state index contributed by atoms with van der Waals surface area (Å²) >= 11 is 11.6. The molecule has 0 saturated heterocycles. The predicted molar refractivity (Wildman–Crippen MR) is 83.2 cm³/mol. The Morgan fingerprint density at radius 1 is 1.14 bits per heavy atom. The monoisotopic (exact) mass is 346 g/mol. The van der Waals surface area contributed by atoms with Crippen LogP contribution >= 0.6 is 23.2 Å². The molecule has 1 aromatic carbocycles. The first-order valence-electron chi connectivity index (χ1n) is 5.78. The van der Waals surface area contributed by atoms with Crippen molar-refractivity contribution in [2.24, 2.45) is 0 Å². The highest BCUT2D eigenvalue weighted by atomic mass is 35.5. The molecule has 0 radical (unpaired) electrons. The molecule has 2 rings (SSSR count). The normalized spacial score (nSPS) is 11.4. The second-order valence-electron chi connectivity index (χ2n) is 4.37. The van der Waals surface area contributed by atoms with Gasteiger partial charge in [-0.25, -0.2) is 18.4 Å². The van der Waals surface area contributed by atoms with Gasteiger partial charge >= 0.3 is 0 Å². The van der Waals surface area contributed by atoms with E-state index in [0.717, 1.165) is 6.33 Å². The van der Waals surface area contributed by atoms with Gasteiger partial charge in [-0.15, -0.1) is 0 Å². The Bertz CT molecular complexity index is 809. The van der Waals surface area contributed by atoms with E-state index >= 15 is 0 Å². The fraction of sp³-hybridized carbons (Fsp3) is 0.167. The Hall–Kier alpha value is -1.57. The summed E-state index contributed by atoms with van der Waals surface area (Å²) in [4.78, 5) is 7.42. The number of nitrogens with one attached hydrogen (secondary N) is 1. The van der Waals surface area contributed by atoms with Crippen LogP contribution in [0, 0.1) is 13.8 Å². The summed E-state index contributed by atoms with van der Waals surface area (Å²) in [6.07, 6.45) is 1.11. The van der Waals surface area contributed by atoms with Gasteiger partial charge in [-0.2, -0.15) is 0 Å². The Balaban J connectivity index is 2.54. The maximum Gasteiger partial charge on any atom is 0.265 e. The van der Waals surface area contributed by atoms with Gasteiger partial charge in [0.2, 0.25) is 0 Å². The van der Waals surface area contributed by atoms with E-state index in [0.29, 0.717) is 11.1 Å².